The topological polar surface area (TPSA) is 33.2 Å². The largest absolute Gasteiger partial charge is 0.270 e. The molecule has 0 aliphatic carbocycles. The lowest BCUT2D eigenvalue weighted by atomic mass is 10.2. The minimum absolute atomic E-state index is 0.0786. The number of pyridine rings is 1. The third-order valence-electron chi connectivity index (χ3n) is 3.11. The molecular weight excluding hydrogens is 332 g/mol. The van der Waals surface area contributed by atoms with Crippen LogP contribution in [-0.4, -0.2) is 21.5 Å². The van der Waals surface area contributed by atoms with Crippen LogP contribution in [0.25, 0.3) is 6.08 Å². The van der Waals surface area contributed by atoms with E-state index in [1.807, 2.05) is 48.7 Å². The number of nitrogens with zero attached hydrogens (tertiary/aromatic N) is 2. The van der Waals surface area contributed by atoms with Gasteiger partial charge in [0, 0.05) is 17.3 Å². The Balaban J connectivity index is 1.93. The molecule has 1 aliphatic rings. The molecule has 0 atom stereocenters. The van der Waals surface area contributed by atoms with Crippen LogP contribution in [0.15, 0.2) is 58.6 Å². The van der Waals surface area contributed by atoms with Crippen molar-refractivity contribution in [2.75, 3.05) is 11.2 Å². The molecule has 6 heteroatoms. The Labute approximate surface area is 142 Å². The SMILES string of the molecule is CSc1cccc(N2C(=O)/C(=C\c3ccncc3)SC2=S)c1. The lowest BCUT2D eigenvalue weighted by Gasteiger charge is -2.15. The molecule has 3 nitrogen and oxygen atoms in total. The van der Waals surface area contributed by atoms with Gasteiger partial charge in [-0.1, -0.05) is 30.0 Å². The maximum absolute atomic E-state index is 12.6. The molecule has 1 aromatic carbocycles. The quantitative estimate of drug-likeness (QED) is 0.473. The molecular formula is C16H12N2OS3. The van der Waals surface area contributed by atoms with Gasteiger partial charge in [-0.25, -0.2) is 0 Å². The third kappa shape index (κ3) is 3.09. The standard InChI is InChI=1S/C16H12N2OS3/c1-21-13-4-2-3-12(10-13)18-15(19)14(22-16(18)20)9-11-5-7-17-8-6-11/h2-10H,1H3/b14-9+. The molecule has 3 rings (SSSR count). The second kappa shape index (κ2) is 6.64. The molecule has 0 saturated carbocycles. The van der Waals surface area contributed by atoms with Crippen molar-refractivity contribution in [2.45, 2.75) is 4.90 Å². The van der Waals surface area contributed by atoms with Crippen molar-refractivity contribution >= 4 is 57.7 Å². The van der Waals surface area contributed by atoms with Crippen LogP contribution < -0.4 is 4.90 Å². The molecule has 0 unspecified atom stereocenters. The van der Waals surface area contributed by atoms with Crippen LogP contribution in [0.3, 0.4) is 0 Å². The fraction of sp³-hybridized carbons (Fsp3) is 0.0625. The normalized spacial score (nSPS) is 16.6. The first-order chi connectivity index (χ1) is 10.7. The predicted molar refractivity (Wildman–Crippen MR) is 98.1 cm³/mol. The maximum atomic E-state index is 12.6. The first-order valence-corrected chi connectivity index (χ1v) is 8.96. The summed E-state index contributed by atoms with van der Waals surface area (Å²) in [6, 6.07) is 11.6. The molecule has 0 radical (unpaired) electrons. The number of amides is 1. The highest BCUT2D eigenvalue weighted by atomic mass is 32.2. The van der Waals surface area contributed by atoms with Gasteiger partial charge in [0.05, 0.1) is 10.6 Å². The number of thiocarbonyl (C=S) groups is 1. The van der Waals surface area contributed by atoms with Gasteiger partial charge in [-0.05, 0) is 48.2 Å². The Morgan fingerprint density at radius 2 is 2.05 bits per heavy atom. The van der Waals surface area contributed by atoms with E-state index in [0.717, 1.165) is 16.1 Å². The Morgan fingerprint density at radius 1 is 1.27 bits per heavy atom. The average molecular weight is 344 g/mol. The second-order valence-electron chi connectivity index (χ2n) is 4.50. The minimum atomic E-state index is -0.0786. The van der Waals surface area contributed by atoms with Crippen LogP contribution in [0.4, 0.5) is 5.69 Å². The van der Waals surface area contributed by atoms with Gasteiger partial charge in [0.15, 0.2) is 4.32 Å². The van der Waals surface area contributed by atoms with Crippen molar-refractivity contribution in [3.05, 3.63) is 59.3 Å². The molecule has 2 heterocycles. The minimum Gasteiger partial charge on any atom is -0.268 e. The van der Waals surface area contributed by atoms with Gasteiger partial charge in [-0.3, -0.25) is 14.7 Å². The van der Waals surface area contributed by atoms with Crippen molar-refractivity contribution in [2.24, 2.45) is 0 Å². The molecule has 110 valence electrons. The summed E-state index contributed by atoms with van der Waals surface area (Å²) in [5.74, 6) is -0.0786. The number of hydrogen-bond donors (Lipinski definition) is 0. The van der Waals surface area contributed by atoms with Crippen molar-refractivity contribution in [3.8, 4) is 0 Å². The van der Waals surface area contributed by atoms with Gasteiger partial charge in [-0.15, -0.1) is 11.8 Å². The van der Waals surface area contributed by atoms with Crippen LogP contribution >= 0.6 is 35.7 Å². The maximum Gasteiger partial charge on any atom is 0.270 e. The Bertz CT molecular complexity index is 759. The van der Waals surface area contributed by atoms with Crippen LogP contribution in [-0.2, 0) is 4.79 Å². The highest BCUT2D eigenvalue weighted by Crippen LogP contribution is 2.36. The van der Waals surface area contributed by atoms with Gasteiger partial charge in [0.25, 0.3) is 5.91 Å². The molecule has 1 amide bonds. The third-order valence-corrected chi connectivity index (χ3v) is 5.14. The first kappa shape index (κ1) is 15.3. The number of anilines is 1. The van der Waals surface area contributed by atoms with Crippen molar-refractivity contribution in [1.29, 1.82) is 0 Å². The van der Waals surface area contributed by atoms with E-state index in [1.165, 1.54) is 11.8 Å². The average Bonchev–Trinajstić information content (AvgIpc) is 2.82. The fourth-order valence-corrected chi connectivity index (χ4v) is 3.80. The fourth-order valence-electron chi connectivity index (χ4n) is 2.05. The second-order valence-corrected chi connectivity index (χ2v) is 7.05. The first-order valence-electron chi connectivity index (χ1n) is 6.51. The van der Waals surface area contributed by atoms with Crippen molar-refractivity contribution < 1.29 is 4.79 Å². The molecule has 22 heavy (non-hydrogen) atoms. The van der Waals surface area contributed by atoms with E-state index < -0.39 is 0 Å². The molecule has 1 aromatic heterocycles. The molecule has 0 bridgehead atoms. The molecule has 1 fully saturated rings. The van der Waals surface area contributed by atoms with E-state index in [-0.39, 0.29) is 5.91 Å². The van der Waals surface area contributed by atoms with Gasteiger partial charge in [-0.2, -0.15) is 0 Å². The summed E-state index contributed by atoms with van der Waals surface area (Å²) in [6.07, 6.45) is 7.26. The monoisotopic (exact) mass is 344 g/mol. The molecule has 2 aromatic rings. The smallest absolute Gasteiger partial charge is 0.268 e. The summed E-state index contributed by atoms with van der Waals surface area (Å²) >= 11 is 8.35. The Morgan fingerprint density at radius 3 is 2.77 bits per heavy atom. The van der Waals surface area contributed by atoms with Crippen LogP contribution in [0, 0.1) is 0 Å². The van der Waals surface area contributed by atoms with Gasteiger partial charge >= 0.3 is 0 Å². The van der Waals surface area contributed by atoms with E-state index in [4.69, 9.17) is 12.2 Å². The van der Waals surface area contributed by atoms with E-state index in [1.54, 1.807) is 29.1 Å². The summed E-state index contributed by atoms with van der Waals surface area (Å²) in [5.41, 5.74) is 1.75. The van der Waals surface area contributed by atoms with E-state index in [9.17, 15) is 4.79 Å². The van der Waals surface area contributed by atoms with Crippen LogP contribution in [0.1, 0.15) is 5.56 Å². The summed E-state index contributed by atoms with van der Waals surface area (Å²) < 4.78 is 0.559. The van der Waals surface area contributed by atoms with Crippen molar-refractivity contribution in [3.63, 3.8) is 0 Å². The molecule has 1 aliphatic heterocycles. The number of hydrogen-bond acceptors (Lipinski definition) is 5. The molecule has 0 N–H and O–H groups in total. The lowest BCUT2D eigenvalue weighted by Crippen LogP contribution is -2.27. The molecule has 0 spiro atoms. The Kier molecular flexibility index (Phi) is 4.61. The highest BCUT2D eigenvalue weighted by molar-refractivity contribution is 8.27. The van der Waals surface area contributed by atoms with E-state index >= 15 is 0 Å². The summed E-state index contributed by atoms with van der Waals surface area (Å²) in [6.45, 7) is 0. The van der Waals surface area contributed by atoms with Gasteiger partial charge in [0.1, 0.15) is 0 Å². The van der Waals surface area contributed by atoms with Gasteiger partial charge < -0.3 is 0 Å². The zero-order valence-electron chi connectivity index (χ0n) is 11.7. The number of carbonyl (C=O) groups excluding carboxylic acids is 1. The van der Waals surface area contributed by atoms with Crippen LogP contribution in [0.2, 0.25) is 0 Å². The van der Waals surface area contributed by atoms with Gasteiger partial charge in [0.2, 0.25) is 0 Å². The van der Waals surface area contributed by atoms with E-state index in [0.29, 0.717) is 9.23 Å². The number of rotatable bonds is 3. The summed E-state index contributed by atoms with van der Waals surface area (Å²) in [5, 5.41) is 0. The number of thioether (sulfide) groups is 2. The number of carbonyl (C=O) groups is 1. The zero-order valence-corrected chi connectivity index (χ0v) is 14.2. The Hall–Kier alpha value is -1.63. The highest BCUT2D eigenvalue weighted by Gasteiger charge is 2.33. The summed E-state index contributed by atoms with van der Waals surface area (Å²) in [4.78, 5) is 19.9. The van der Waals surface area contributed by atoms with Crippen LogP contribution in [0.5, 0.6) is 0 Å². The van der Waals surface area contributed by atoms with Crippen molar-refractivity contribution in [1.82, 2.24) is 4.98 Å². The number of benzene rings is 1. The predicted octanol–water partition coefficient (Wildman–Crippen LogP) is 4.21. The van der Waals surface area contributed by atoms with E-state index in [2.05, 4.69) is 4.98 Å². The summed E-state index contributed by atoms with van der Waals surface area (Å²) in [7, 11) is 0. The number of aromatic nitrogens is 1. The molecule has 1 saturated heterocycles. The zero-order chi connectivity index (χ0) is 15.5. The lowest BCUT2D eigenvalue weighted by molar-refractivity contribution is -0.113.